The van der Waals surface area contributed by atoms with Crippen molar-refractivity contribution in [3.63, 3.8) is 0 Å². The van der Waals surface area contributed by atoms with Crippen LogP contribution in [0.1, 0.15) is 39.2 Å². The molecule has 5 heteroatoms. The molecule has 1 saturated heterocycles. The first-order chi connectivity index (χ1) is 12.0. The highest BCUT2D eigenvalue weighted by Crippen LogP contribution is 2.41. The molecule has 0 N–H and O–H groups in total. The van der Waals surface area contributed by atoms with Gasteiger partial charge in [0.1, 0.15) is 17.1 Å². The third-order valence-corrected chi connectivity index (χ3v) is 5.68. The summed E-state index contributed by atoms with van der Waals surface area (Å²) in [5, 5.41) is 0.657. The standard InChI is InChI=1S/C21H20BrClO3/c1-20(2)18(24)17(19(25)21(3,4)26-20)15-11-13(7-10-16(15)22)12-5-8-14(23)9-6-12/h5-11,17H,1-4H3. The average molecular weight is 436 g/mol. The monoisotopic (exact) mass is 434 g/mol. The predicted octanol–water partition coefficient (Wildman–Crippen LogP) is 5.58. The van der Waals surface area contributed by atoms with Crippen LogP contribution in [0.3, 0.4) is 0 Å². The number of rotatable bonds is 2. The molecule has 3 rings (SSSR count). The number of ether oxygens (including phenoxy) is 1. The van der Waals surface area contributed by atoms with Crippen molar-refractivity contribution in [2.24, 2.45) is 0 Å². The van der Waals surface area contributed by atoms with Crippen molar-refractivity contribution >= 4 is 39.1 Å². The van der Waals surface area contributed by atoms with Crippen molar-refractivity contribution in [2.75, 3.05) is 0 Å². The minimum Gasteiger partial charge on any atom is -0.354 e. The highest BCUT2D eigenvalue weighted by molar-refractivity contribution is 9.10. The predicted molar refractivity (Wildman–Crippen MR) is 107 cm³/mol. The van der Waals surface area contributed by atoms with Crippen LogP contribution >= 0.6 is 27.5 Å². The van der Waals surface area contributed by atoms with Crippen molar-refractivity contribution in [2.45, 2.75) is 44.8 Å². The Kier molecular flexibility index (Phi) is 4.89. The summed E-state index contributed by atoms with van der Waals surface area (Å²) in [6.07, 6.45) is 0. The molecule has 1 aliphatic rings. The Bertz CT molecular complexity index is 859. The summed E-state index contributed by atoms with van der Waals surface area (Å²) in [7, 11) is 0. The molecule has 0 radical (unpaired) electrons. The van der Waals surface area contributed by atoms with E-state index in [0.717, 1.165) is 15.6 Å². The molecule has 3 nitrogen and oxygen atoms in total. The first kappa shape index (κ1) is 19.3. The molecule has 0 saturated carbocycles. The van der Waals surface area contributed by atoms with Gasteiger partial charge in [0.25, 0.3) is 0 Å². The molecular formula is C21H20BrClO3. The van der Waals surface area contributed by atoms with E-state index in [4.69, 9.17) is 16.3 Å². The quantitative estimate of drug-likeness (QED) is 0.578. The van der Waals surface area contributed by atoms with E-state index in [2.05, 4.69) is 15.9 Å². The first-order valence-corrected chi connectivity index (χ1v) is 9.54. The number of hydrogen-bond donors (Lipinski definition) is 0. The smallest absolute Gasteiger partial charge is 0.179 e. The van der Waals surface area contributed by atoms with E-state index >= 15 is 0 Å². The average Bonchev–Trinajstić information content (AvgIpc) is 2.55. The van der Waals surface area contributed by atoms with E-state index in [0.29, 0.717) is 10.6 Å². The Hall–Kier alpha value is -1.49. The Labute approximate surface area is 166 Å². The number of carbonyl (C=O) groups excluding carboxylic acids is 2. The highest BCUT2D eigenvalue weighted by Gasteiger charge is 2.53. The van der Waals surface area contributed by atoms with Gasteiger partial charge in [-0.1, -0.05) is 45.7 Å². The van der Waals surface area contributed by atoms with Gasteiger partial charge in [-0.3, -0.25) is 9.59 Å². The second kappa shape index (κ2) is 6.59. The van der Waals surface area contributed by atoms with Crippen LogP contribution in [0, 0.1) is 0 Å². The van der Waals surface area contributed by atoms with Gasteiger partial charge in [0.2, 0.25) is 0 Å². The zero-order valence-corrected chi connectivity index (χ0v) is 17.4. The summed E-state index contributed by atoms with van der Waals surface area (Å²) in [5.74, 6) is -1.32. The maximum atomic E-state index is 13.0. The topological polar surface area (TPSA) is 43.4 Å². The summed E-state index contributed by atoms with van der Waals surface area (Å²) in [6, 6.07) is 13.2. The SMILES string of the molecule is CC1(C)OC(C)(C)C(=O)C(c2cc(-c3ccc(Cl)cc3)ccc2Br)C1=O. The van der Waals surface area contributed by atoms with Crippen LogP contribution < -0.4 is 0 Å². The second-order valence-corrected chi connectivity index (χ2v) is 8.82. The lowest BCUT2D eigenvalue weighted by molar-refractivity contribution is -0.184. The zero-order valence-electron chi connectivity index (χ0n) is 15.1. The van der Waals surface area contributed by atoms with Gasteiger partial charge in [-0.15, -0.1) is 0 Å². The molecule has 1 fully saturated rings. The lowest BCUT2D eigenvalue weighted by atomic mass is 9.75. The molecule has 0 bridgehead atoms. The van der Waals surface area contributed by atoms with Crippen LogP contribution in [0.2, 0.25) is 5.02 Å². The molecule has 2 aromatic carbocycles. The molecule has 0 unspecified atom stereocenters. The van der Waals surface area contributed by atoms with Crippen LogP contribution in [0.5, 0.6) is 0 Å². The van der Waals surface area contributed by atoms with E-state index < -0.39 is 17.1 Å². The van der Waals surface area contributed by atoms with Crippen LogP contribution in [-0.2, 0) is 14.3 Å². The number of Topliss-reactive ketones (excluding diaryl/α,β-unsaturated/α-hetero) is 2. The molecule has 136 valence electrons. The summed E-state index contributed by atoms with van der Waals surface area (Å²) in [5.41, 5.74) is 0.489. The van der Waals surface area contributed by atoms with Crippen LogP contribution in [0.4, 0.5) is 0 Å². The highest BCUT2D eigenvalue weighted by atomic mass is 79.9. The molecule has 1 heterocycles. The molecule has 0 aliphatic carbocycles. The molecule has 26 heavy (non-hydrogen) atoms. The van der Waals surface area contributed by atoms with Gasteiger partial charge in [-0.05, 0) is 68.7 Å². The number of carbonyl (C=O) groups is 2. The zero-order chi connectivity index (χ0) is 19.3. The maximum Gasteiger partial charge on any atom is 0.179 e. The third kappa shape index (κ3) is 3.38. The van der Waals surface area contributed by atoms with Crippen molar-refractivity contribution in [1.29, 1.82) is 0 Å². The molecule has 0 atom stereocenters. The summed E-state index contributed by atoms with van der Waals surface area (Å²) >= 11 is 9.48. The van der Waals surface area contributed by atoms with Crippen LogP contribution in [0.15, 0.2) is 46.9 Å². The summed E-state index contributed by atoms with van der Waals surface area (Å²) < 4.78 is 6.51. The van der Waals surface area contributed by atoms with Crippen LogP contribution in [0.25, 0.3) is 11.1 Å². The van der Waals surface area contributed by atoms with E-state index in [-0.39, 0.29) is 11.6 Å². The Morgan fingerprint density at radius 3 is 1.92 bits per heavy atom. The molecule has 0 aromatic heterocycles. The van der Waals surface area contributed by atoms with Gasteiger partial charge in [-0.2, -0.15) is 0 Å². The Balaban J connectivity index is 2.13. The van der Waals surface area contributed by atoms with Gasteiger partial charge in [0.15, 0.2) is 11.6 Å². The van der Waals surface area contributed by atoms with E-state index in [9.17, 15) is 9.59 Å². The first-order valence-electron chi connectivity index (χ1n) is 8.37. The van der Waals surface area contributed by atoms with Gasteiger partial charge < -0.3 is 4.74 Å². The molecular weight excluding hydrogens is 416 g/mol. The fraction of sp³-hybridized carbons (Fsp3) is 0.333. The lowest BCUT2D eigenvalue weighted by Gasteiger charge is -2.42. The summed E-state index contributed by atoms with van der Waals surface area (Å²) in [4.78, 5) is 26.0. The van der Waals surface area contributed by atoms with Crippen LogP contribution in [-0.4, -0.2) is 22.8 Å². The van der Waals surface area contributed by atoms with Crippen molar-refractivity contribution in [1.82, 2.24) is 0 Å². The van der Waals surface area contributed by atoms with Crippen molar-refractivity contribution < 1.29 is 14.3 Å². The van der Waals surface area contributed by atoms with E-state index in [1.165, 1.54) is 0 Å². The van der Waals surface area contributed by atoms with Crippen molar-refractivity contribution in [3.05, 3.63) is 57.5 Å². The van der Waals surface area contributed by atoms with Gasteiger partial charge in [0, 0.05) is 9.50 Å². The largest absolute Gasteiger partial charge is 0.354 e. The number of benzene rings is 2. The van der Waals surface area contributed by atoms with E-state index in [1.807, 2.05) is 42.5 Å². The maximum absolute atomic E-state index is 13.0. The molecule has 0 spiro atoms. The Morgan fingerprint density at radius 2 is 1.38 bits per heavy atom. The number of ketones is 2. The number of halogens is 2. The lowest BCUT2D eigenvalue weighted by Crippen LogP contribution is -2.57. The minimum absolute atomic E-state index is 0.226. The van der Waals surface area contributed by atoms with E-state index in [1.54, 1.807) is 27.7 Å². The molecule has 2 aromatic rings. The third-order valence-electron chi connectivity index (χ3n) is 4.71. The van der Waals surface area contributed by atoms with Crippen molar-refractivity contribution in [3.8, 4) is 11.1 Å². The minimum atomic E-state index is -1.03. The fourth-order valence-electron chi connectivity index (χ4n) is 3.42. The summed E-state index contributed by atoms with van der Waals surface area (Å²) in [6.45, 7) is 6.86. The molecule has 0 amide bonds. The molecule has 1 aliphatic heterocycles. The fourth-order valence-corrected chi connectivity index (χ4v) is 4.02. The van der Waals surface area contributed by atoms with Gasteiger partial charge in [0.05, 0.1) is 0 Å². The van der Waals surface area contributed by atoms with Gasteiger partial charge >= 0.3 is 0 Å². The number of hydrogen-bond acceptors (Lipinski definition) is 3. The van der Waals surface area contributed by atoms with Gasteiger partial charge in [-0.25, -0.2) is 0 Å². The Morgan fingerprint density at radius 1 is 0.885 bits per heavy atom. The normalized spacial score (nSPS) is 19.6. The second-order valence-electron chi connectivity index (χ2n) is 7.53.